The molecule has 1 saturated heterocycles. The number of benzene rings is 1. The molecule has 1 heterocycles. The Hall–Kier alpha value is -1.95. The molecule has 1 aliphatic heterocycles. The highest BCUT2D eigenvalue weighted by Crippen LogP contribution is 2.30. The van der Waals surface area contributed by atoms with Crippen molar-refractivity contribution in [3.8, 4) is 0 Å². The lowest BCUT2D eigenvalue weighted by atomic mass is 10.1. The molecule has 0 radical (unpaired) electrons. The summed E-state index contributed by atoms with van der Waals surface area (Å²) in [6.45, 7) is 3.18. The fourth-order valence-electron chi connectivity index (χ4n) is 2.43. The summed E-state index contributed by atoms with van der Waals surface area (Å²) in [6, 6.07) is 2.23. The zero-order chi connectivity index (χ0) is 15.6. The highest BCUT2D eigenvalue weighted by molar-refractivity contribution is 6.34. The Morgan fingerprint density at radius 2 is 2.00 bits per heavy atom. The summed E-state index contributed by atoms with van der Waals surface area (Å²) in [5.74, 6) is -1.20. The van der Waals surface area contributed by atoms with E-state index in [0.29, 0.717) is 0 Å². The van der Waals surface area contributed by atoms with Gasteiger partial charge >= 0.3 is 5.97 Å². The van der Waals surface area contributed by atoms with Crippen molar-refractivity contribution in [2.24, 2.45) is 0 Å². The van der Waals surface area contributed by atoms with Gasteiger partial charge in [0.1, 0.15) is 6.04 Å². The van der Waals surface area contributed by atoms with Gasteiger partial charge in [-0.1, -0.05) is 11.6 Å². The summed E-state index contributed by atoms with van der Waals surface area (Å²) in [6.07, 6.45) is 2.00. The molecule has 1 aromatic rings. The minimum Gasteiger partial charge on any atom is -0.478 e. The molecule has 1 fully saturated rings. The van der Waals surface area contributed by atoms with Crippen molar-refractivity contribution in [1.29, 1.82) is 0 Å². The average molecular weight is 312 g/mol. The van der Waals surface area contributed by atoms with Gasteiger partial charge in [0.2, 0.25) is 5.91 Å². The molecule has 6 nitrogen and oxygen atoms in total. The van der Waals surface area contributed by atoms with Crippen molar-refractivity contribution < 1.29 is 14.7 Å². The number of halogens is 1. The van der Waals surface area contributed by atoms with Crippen LogP contribution in [0.2, 0.25) is 5.02 Å². The van der Waals surface area contributed by atoms with Crippen LogP contribution in [0, 0.1) is 0 Å². The van der Waals surface area contributed by atoms with Crippen molar-refractivity contribution in [2.45, 2.75) is 25.8 Å². The first-order chi connectivity index (χ1) is 9.90. The first-order valence-electron chi connectivity index (χ1n) is 6.77. The molecular weight excluding hydrogens is 294 g/mol. The third-order valence-electron chi connectivity index (χ3n) is 3.49. The van der Waals surface area contributed by atoms with Gasteiger partial charge < -0.3 is 21.1 Å². The normalized spacial score (nSPS) is 15.8. The third-order valence-corrected chi connectivity index (χ3v) is 3.79. The van der Waals surface area contributed by atoms with E-state index in [9.17, 15) is 14.7 Å². The van der Waals surface area contributed by atoms with Crippen molar-refractivity contribution in [1.82, 2.24) is 4.90 Å². The fourth-order valence-corrected chi connectivity index (χ4v) is 2.71. The molecule has 0 spiro atoms. The van der Waals surface area contributed by atoms with E-state index >= 15 is 0 Å². The smallest absolute Gasteiger partial charge is 0.337 e. The van der Waals surface area contributed by atoms with Crippen molar-refractivity contribution in [2.75, 3.05) is 24.1 Å². The third kappa shape index (κ3) is 3.39. The topological polar surface area (TPSA) is 95.7 Å². The summed E-state index contributed by atoms with van der Waals surface area (Å²) in [5, 5.41) is 12.3. The molecule has 0 bridgehead atoms. The van der Waals surface area contributed by atoms with Gasteiger partial charge in [-0.05, 0) is 31.9 Å². The summed E-state index contributed by atoms with van der Waals surface area (Å²) in [5.41, 5.74) is 6.05. The number of aromatic carboxylic acids is 1. The second kappa shape index (κ2) is 6.22. The van der Waals surface area contributed by atoms with Crippen LogP contribution in [-0.4, -0.2) is 41.0 Å². The van der Waals surface area contributed by atoms with Gasteiger partial charge in [0, 0.05) is 18.8 Å². The van der Waals surface area contributed by atoms with Crippen molar-refractivity contribution in [3.63, 3.8) is 0 Å². The lowest BCUT2D eigenvalue weighted by Gasteiger charge is -2.23. The number of anilines is 2. The van der Waals surface area contributed by atoms with E-state index < -0.39 is 12.0 Å². The molecule has 21 heavy (non-hydrogen) atoms. The lowest BCUT2D eigenvalue weighted by molar-refractivity contribution is -0.130. The molecule has 4 N–H and O–H groups in total. The predicted molar refractivity (Wildman–Crippen MR) is 81.7 cm³/mol. The van der Waals surface area contributed by atoms with E-state index in [4.69, 9.17) is 17.3 Å². The Balaban J connectivity index is 2.22. The Labute approximate surface area is 127 Å². The van der Waals surface area contributed by atoms with Gasteiger partial charge in [0.05, 0.1) is 16.3 Å². The lowest BCUT2D eigenvalue weighted by Crippen LogP contribution is -2.40. The summed E-state index contributed by atoms with van der Waals surface area (Å²) >= 11 is 6.06. The zero-order valence-corrected chi connectivity index (χ0v) is 12.5. The standard InChI is InChI=1S/C14H18ClN3O3/c1-8(13(19)18-4-2-3-5-18)17-12-10(14(20)21)6-9(16)7-11(12)15/h6-8,17H,2-5,16H2,1H3,(H,20,21). The number of carbonyl (C=O) groups excluding carboxylic acids is 1. The Morgan fingerprint density at radius 1 is 1.38 bits per heavy atom. The number of nitrogens with two attached hydrogens (primary N) is 1. The zero-order valence-electron chi connectivity index (χ0n) is 11.7. The first kappa shape index (κ1) is 15.4. The van der Waals surface area contributed by atoms with E-state index in [2.05, 4.69) is 5.32 Å². The van der Waals surface area contributed by atoms with Gasteiger partial charge in [0.15, 0.2) is 0 Å². The number of nitrogens with one attached hydrogen (secondary N) is 1. The molecule has 7 heteroatoms. The molecule has 2 rings (SSSR count). The number of hydrogen-bond acceptors (Lipinski definition) is 4. The Kier molecular flexibility index (Phi) is 4.57. The monoisotopic (exact) mass is 311 g/mol. The molecule has 114 valence electrons. The summed E-state index contributed by atoms with van der Waals surface area (Å²) in [4.78, 5) is 25.3. The van der Waals surface area contributed by atoms with Crippen LogP contribution >= 0.6 is 11.6 Å². The van der Waals surface area contributed by atoms with Crippen LogP contribution in [0.5, 0.6) is 0 Å². The Bertz CT molecular complexity index is 571. The van der Waals surface area contributed by atoms with Crippen LogP contribution in [0.3, 0.4) is 0 Å². The largest absolute Gasteiger partial charge is 0.478 e. The van der Waals surface area contributed by atoms with Crippen molar-refractivity contribution >= 4 is 34.9 Å². The SMILES string of the molecule is CC(Nc1c(Cl)cc(N)cc1C(=O)O)C(=O)N1CCCC1. The maximum Gasteiger partial charge on any atom is 0.337 e. The number of carboxylic acids is 1. The van der Waals surface area contributed by atoms with Gasteiger partial charge in [0.25, 0.3) is 0 Å². The van der Waals surface area contributed by atoms with Crippen molar-refractivity contribution in [3.05, 3.63) is 22.7 Å². The number of carbonyl (C=O) groups is 2. The summed E-state index contributed by atoms with van der Waals surface area (Å²) in [7, 11) is 0. The van der Waals surface area contributed by atoms with Gasteiger partial charge in [-0.15, -0.1) is 0 Å². The molecular formula is C14H18ClN3O3. The average Bonchev–Trinajstić information content (AvgIpc) is 2.94. The minimum atomic E-state index is -1.15. The molecule has 1 atom stereocenters. The van der Waals surface area contributed by atoms with Crippen LogP contribution in [-0.2, 0) is 4.79 Å². The van der Waals surface area contributed by atoms with Gasteiger partial charge in [-0.25, -0.2) is 4.79 Å². The number of nitrogens with zero attached hydrogens (tertiary/aromatic N) is 1. The highest BCUT2D eigenvalue weighted by atomic mass is 35.5. The predicted octanol–water partition coefficient (Wildman–Crippen LogP) is 2.04. The maximum absolute atomic E-state index is 12.3. The molecule has 0 aromatic heterocycles. The molecule has 1 aromatic carbocycles. The van der Waals surface area contributed by atoms with Crippen LogP contribution in [0.4, 0.5) is 11.4 Å². The molecule has 0 saturated carbocycles. The maximum atomic E-state index is 12.3. The highest BCUT2D eigenvalue weighted by Gasteiger charge is 2.25. The van der Waals surface area contributed by atoms with Gasteiger partial charge in [-0.2, -0.15) is 0 Å². The van der Waals surface area contributed by atoms with E-state index in [0.717, 1.165) is 25.9 Å². The number of hydrogen-bond donors (Lipinski definition) is 3. The van der Waals surface area contributed by atoms with E-state index in [1.54, 1.807) is 11.8 Å². The molecule has 1 aliphatic rings. The molecule has 0 aliphatic carbocycles. The number of nitrogen functional groups attached to an aromatic ring is 1. The van der Waals surface area contributed by atoms with E-state index in [-0.39, 0.29) is 27.9 Å². The number of likely N-dealkylation sites (tertiary alicyclic amines) is 1. The molecule has 1 unspecified atom stereocenters. The number of rotatable bonds is 4. The number of amides is 1. The van der Waals surface area contributed by atoms with Gasteiger partial charge in [-0.3, -0.25) is 4.79 Å². The second-order valence-corrected chi connectivity index (χ2v) is 5.54. The van der Waals surface area contributed by atoms with E-state index in [1.165, 1.54) is 12.1 Å². The quantitative estimate of drug-likeness (QED) is 0.740. The van der Waals surface area contributed by atoms with Crippen LogP contribution in [0.15, 0.2) is 12.1 Å². The fraction of sp³-hybridized carbons (Fsp3) is 0.429. The first-order valence-corrected chi connectivity index (χ1v) is 7.15. The van der Waals surface area contributed by atoms with E-state index in [1.807, 2.05) is 0 Å². The molecule has 1 amide bonds. The minimum absolute atomic E-state index is 0.0407. The van der Waals surface area contributed by atoms with Crippen LogP contribution in [0.25, 0.3) is 0 Å². The van der Waals surface area contributed by atoms with Crippen LogP contribution < -0.4 is 11.1 Å². The second-order valence-electron chi connectivity index (χ2n) is 5.13. The summed E-state index contributed by atoms with van der Waals surface area (Å²) < 4.78 is 0. The Morgan fingerprint density at radius 3 is 2.57 bits per heavy atom. The van der Waals surface area contributed by atoms with Crippen LogP contribution in [0.1, 0.15) is 30.1 Å². The number of carboxylic acid groups (broad SMARTS) is 1.